The normalized spacial score (nSPS) is 14.9. The minimum Gasteiger partial charge on any atom is -0.488 e. The van der Waals surface area contributed by atoms with Crippen LogP contribution in [0.5, 0.6) is 5.75 Å². The second-order valence-electron chi connectivity index (χ2n) is 7.15. The number of amides is 3. The largest absolute Gasteiger partial charge is 0.488 e. The first-order valence-corrected chi connectivity index (χ1v) is 11.0. The van der Waals surface area contributed by atoms with E-state index < -0.39 is 11.1 Å². The summed E-state index contributed by atoms with van der Waals surface area (Å²) in [7, 11) is 0. The molecule has 0 spiro atoms. The standard InChI is InChI=1S/C24H26N2O4S/c1-4-25(5-2)22(27)15-26-23(28)21(31-24(26)29)14-19-8-6-7-9-20(19)30-16-18-12-10-17(3)11-13-18/h6-14H,4-5,15-16H2,1-3H3/b21-14-. The van der Waals surface area contributed by atoms with E-state index in [9.17, 15) is 14.4 Å². The smallest absolute Gasteiger partial charge is 0.294 e. The topological polar surface area (TPSA) is 66.9 Å². The first-order chi connectivity index (χ1) is 14.9. The Morgan fingerprint density at radius 1 is 1.06 bits per heavy atom. The van der Waals surface area contributed by atoms with Gasteiger partial charge in [0, 0.05) is 18.7 Å². The number of carbonyl (C=O) groups is 3. The average molecular weight is 439 g/mol. The fraction of sp³-hybridized carbons (Fsp3) is 0.292. The van der Waals surface area contributed by atoms with Crippen molar-refractivity contribution in [3.05, 3.63) is 70.1 Å². The zero-order valence-corrected chi connectivity index (χ0v) is 18.8. The highest BCUT2D eigenvalue weighted by molar-refractivity contribution is 8.18. The summed E-state index contributed by atoms with van der Waals surface area (Å²) in [6.07, 6.45) is 1.65. The van der Waals surface area contributed by atoms with E-state index in [0.29, 0.717) is 31.0 Å². The number of hydrogen-bond donors (Lipinski definition) is 0. The number of hydrogen-bond acceptors (Lipinski definition) is 5. The van der Waals surface area contributed by atoms with E-state index in [2.05, 4.69) is 0 Å². The van der Waals surface area contributed by atoms with Gasteiger partial charge in [-0.2, -0.15) is 0 Å². The van der Waals surface area contributed by atoms with Gasteiger partial charge in [-0.1, -0.05) is 48.0 Å². The molecular weight excluding hydrogens is 412 g/mol. The maximum Gasteiger partial charge on any atom is 0.294 e. The summed E-state index contributed by atoms with van der Waals surface area (Å²) in [6.45, 7) is 6.98. The zero-order chi connectivity index (χ0) is 22.4. The van der Waals surface area contributed by atoms with Crippen molar-refractivity contribution < 1.29 is 19.1 Å². The summed E-state index contributed by atoms with van der Waals surface area (Å²) in [5.74, 6) is -0.0756. The van der Waals surface area contributed by atoms with Crippen molar-refractivity contribution in [3.63, 3.8) is 0 Å². The molecule has 1 aliphatic rings. The van der Waals surface area contributed by atoms with Crippen LogP contribution in [-0.2, 0) is 16.2 Å². The van der Waals surface area contributed by atoms with E-state index >= 15 is 0 Å². The fourth-order valence-corrected chi connectivity index (χ4v) is 3.99. The molecule has 0 radical (unpaired) electrons. The summed E-state index contributed by atoms with van der Waals surface area (Å²) in [5.41, 5.74) is 2.92. The maximum atomic E-state index is 12.8. The van der Waals surface area contributed by atoms with Gasteiger partial charge in [0.05, 0.1) is 4.91 Å². The summed E-state index contributed by atoms with van der Waals surface area (Å²) in [4.78, 5) is 40.4. The predicted octanol–water partition coefficient (Wildman–Crippen LogP) is 4.48. The lowest BCUT2D eigenvalue weighted by molar-refractivity contribution is -0.135. The molecule has 0 N–H and O–H groups in total. The van der Waals surface area contributed by atoms with Crippen LogP contribution in [0.2, 0.25) is 0 Å². The van der Waals surface area contributed by atoms with Crippen molar-refractivity contribution in [2.75, 3.05) is 19.6 Å². The quantitative estimate of drug-likeness (QED) is 0.569. The van der Waals surface area contributed by atoms with E-state index in [1.54, 1.807) is 11.0 Å². The second-order valence-corrected chi connectivity index (χ2v) is 8.14. The van der Waals surface area contributed by atoms with E-state index in [1.165, 1.54) is 5.56 Å². The minimum atomic E-state index is -0.455. The fourth-order valence-electron chi connectivity index (χ4n) is 3.17. The molecule has 2 aromatic rings. The van der Waals surface area contributed by atoms with E-state index in [1.807, 2.05) is 69.3 Å². The lowest BCUT2D eigenvalue weighted by Crippen LogP contribution is -2.41. The molecule has 0 bridgehead atoms. The molecule has 1 heterocycles. The minimum absolute atomic E-state index is 0.240. The molecule has 2 aromatic carbocycles. The summed E-state index contributed by atoms with van der Waals surface area (Å²) >= 11 is 0.843. The molecule has 6 nitrogen and oxygen atoms in total. The van der Waals surface area contributed by atoms with Gasteiger partial charge in [0.1, 0.15) is 18.9 Å². The van der Waals surface area contributed by atoms with E-state index in [0.717, 1.165) is 22.2 Å². The van der Waals surface area contributed by atoms with Crippen LogP contribution < -0.4 is 4.74 Å². The Labute approximate surface area is 186 Å². The predicted molar refractivity (Wildman–Crippen MR) is 123 cm³/mol. The highest BCUT2D eigenvalue weighted by Gasteiger charge is 2.37. The SMILES string of the molecule is CCN(CC)C(=O)CN1C(=O)S/C(=C\c2ccccc2OCc2ccc(C)cc2)C1=O. The number of rotatable bonds is 8. The van der Waals surface area contributed by atoms with Crippen LogP contribution in [0.25, 0.3) is 6.08 Å². The Balaban J connectivity index is 1.74. The highest BCUT2D eigenvalue weighted by Crippen LogP contribution is 2.34. The van der Waals surface area contributed by atoms with E-state index in [-0.39, 0.29) is 17.4 Å². The lowest BCUT2D eigenvalue weighted by Gasteiger charge is -2.21. The van der Waals surface area contributed by atoms with Gasteiger partial charge in [-0.25, -0.2) is 0 Å². The van der Waals surface area contributed by atoms with Crippen LogP contribution in [-0.4, -0.2) is 46.5 Å². The summed E-state index contributed by atoms with van der Waals surface area (Å²) < 4.78 is 5.96. The van der Waals surface area contributed by atoms with Gasteiger partial charge >= 0.3 is 0 Å². The number of nitrogens with zero attached hydrogens (tertiary/aromatic N) is 2. The zero-order valence-electron chi connectivity index (χ0n) is 18.0. The number of likely N-dealkylation sites (N-methyl/N-ethyl adjacent to an activating group) is 1. The van der Waals surface area contributed by atoms with E-state index in [4.69, 9.17) is 4.74 Å². The third-order valence-corrected chi connectivity index (χ3v) is 5.91. The van der Waals surface area contributed by atoms with Gasteiger partial charge in [0.15, 0.2) is 0 Å². The maximum absolute atomic E-state index is 12.8. The van der Waals surface area contributed by atoms with Gasteiger partial charge in [-0.15, -0.1) is 0 Å². The van der Waals surface area contributed by atoms with Gasteiger partial charge in [-0.05, 0) is 50.2 Å². The lowest BCUT2D eigenvalue weighted by atomic mass is 10.1. The summed E-state index contributed by atoms with van der Waals surface area (Å²) in [6, 6.07) is 15.4. The molecule has 162 valence electrons. The molecule has 0 saturated carbocycles. The third kappa shape index (κ3) is 5.55. The van der Waals surface area contributed by atoms with Crippen molar-refractivity contribution in [2.45, 2.75) is 27.4 Å². The molecule has 0 unspecified atom stereocenters. The van der Waals surface area contributed by atoms with Crippen LogP contribution in [0.1, 0.15) is 30.5 Å². The average Bonchev–Trinajstić information content (AvgIpc) is 3.02. The number of thioether (sulfide) groups is 1. The number of carbonyl (C=O) groups excluding carboxylic acids is 3. The molecule has 3 amide bonds. The summed E-state index contributed by atoms with van der Waals surface area (Å²) in [5, 5.41) is -0.435. The number of ether oxygens (including phenoxy) is 1. The van der Waals surface area contributed by atoms with Crippen molar-refractivity contribution in [2.24, 2.45) is 0 Å². The highest BCUT2D eigenvalue weighted by atomic mass is 32.2. The monoisotopic (exact) mass is 438 g/mol. The Kier molecular flexibility index (Phi) is 7.52. The van der Waals surface area contributed by atoms with Crippen molar-refractivity contribution in [1.29, 1.82) is 0 Å². The van der Waals surface area contributed by atoms with Crippen LogP contribution in [0.15, 0.2) is 53.4 Å². The Morgan fingerprint density at radius 3 is 2.42 bits per heavy atom. The molecule has 3 rings (SSSR count). The second kappa shape index (κ2) is 10.3. The van der Waals surface area contributed by atoms with Crippen LogP contribution in [0.4, 0.5) is 4.79 Å². The number of aryl methyl sites for hydroxylation is 1. The number of benzene rings is 2. The number of imide groups is 1. The van der Waals surface area contributed by atoms with Crippen LogP contribution in [0.3, 0.4) is 0 Å². The first-order valence-electron chi connectivity index (χ1n) is 10.2. The Bertz CT molecular complexity index is 997. The molecule has 31 heavy (non-hydrogen) atoms. The van der Waals surface area contributed by atoms with Crippen LogP contribution >= 0.6 is 11.8 Å². The Morgan fingerprint density at radius 2 is 1.74 bits per heavy atom. The molecule has 1 saturated heterocycles. The Hall–Kier alpha value is -3.06. The van der Waals surface area contributed by atoms with Gasteiger partial charge in [-0.3, -0.25) is 19.3 Å². The van der Waals surface area contributed by atoms with Gasteiger partial charge in [0.25, 0.3) is 11.1 Å². The van der Waals surface area contributed by atoms with Crippen LogP contribution in [0, 0.1) is 6.92 Å². The molecule has 0 atom stereocenters. The molecule has 0 aliphatic carbocycles. The molecule has 1 fully saturated rings. The van der Waals surface area contributed by atoms with Gasteiger partial charge in [0.2, 0.25) is 5.91 Å². The van der Waals surface area contributed by atoms with Crippen molar-refractivity contribution in [1.82, 2.24) is 9.80 Å². The van der Waals surface area contributed by atoms with Crippen molar-refractivity contribution in [3.8, 4) is 5.75 Å². The molecule has 7 heteroatoms. The molecule has 0 aromatic heterocycles. The molecular formula is C24H26N2O4S. The first kappa shape index (κ1) is 22.6. The third-order valence-electron chi connectivity index (χ3n) is 5.00. The molecule has 1 aliphatic heterocycles. The van der Waals surface area contributed by atoms with Crippen molar-refractivity contribution >= 4 is 34.9 Å². The van der Waals surface area contributed by atoms with Gasteiger partial charge < -0.3 is 9.64 Å². The number of para-hydroxylation sites is 1.